The maximum Gasteiger partial charge on any atom is 0.257 e. The van der Waals surface area contributed by atoms with Gasteiger partial charge in [-0.3, -0.25) is 4.79 Å². The first-order valence-corrected chi connectivity index (χ1v) is 8.37. The second-order valence-corrected chi connectivity index (χ2v) is 6.53. The van der Waals surface area contributed by atoms with Crippen molar-refractivity contribution in [3.63, 3.8) is 0 Å². The van der Waals surface area contributed by atoms with Crippen molar-refractivity contribution in [2.24, 2.45) is 0 Å². The zero-order valence-corrected chi connectivity index (χ0v) is 15.3. The summed E-state index contributed by atoms with van der Waals surface area (Å²) in [6.07, 6.45) is 0. The molecule has 0 aliphatic heterocycles. The predicted octanol–water partition coefficient (Wildman–Crippen LogP) is 4.97. The molecule has 0 bridgehead atoms. The summed E-state index contributed by atoms with van der Waals surface area (Å²) < 4.78 is 5.21. The van der Waals surface area contributed by atoms with Crippen LogP contribution < -0.4 is 0 Å². The summed E-state index contributed by atoms with van der Waals surface area (Å²) in [6, 6.07) is 12.0. The normalized spacial score (nSPS) is 10.7. The maximum absolute atomic E-state index is 12.6. The summed E-state index contributed by atoms with van der Waals surface area (Å²) in [5.41, 5.74) is 1.01. The van der Waals surface area contributed by atoms with Gasteiger partial charge in [0.1, 0.15) is 0 Å². The Kier molecular flexibility index (Phi) is 5.27. The van der Waals surface area contributed by atoms with Crippen LogP contribution in [0.25, 0.3) is 11.4 Å². The van der Waals surface area contributed by atoms with Crippen molar-refractivity contribution >= 4 is 40.7 Å². The van der Waals surface area contributed by atoms with Gasteiger partial charge in [0.2, 0.25) is 11.7 Å². The molecule has 8 heteroatoms. The van der Waals surface area contributed by atoms with Gasteiger partial charge in [-0.2, -0.15) is 4.98 Å². The van der Waals surface area contributed by atoms with E-state index in [2.05, 4.69) is 10.1 Å². The number of halogens is 3. The maximum atomic E-state index is 12.6. The van der Waals surface area contributed by atoms with Gasteiger partial charge in [-0.25, -0.2) is 0 Å². The van der Waals surface area contributed by atoms with Crippen LogP contribution in [0.15, 0.2) is 47.0 Å². The average Bonchev–Trinajstić information content (AvgIpc) is 3.03. The Labute approximate surface area is 159 Å². The van der Waals surface area contributed by atoms with Gasteiger partial charge in [-0.1, -0.05) is 46.0 Å². The van der Waals surface area contributed by atoms with Gasteiger partial charge in [0.05, 0.1) is 22.2 Å². The lowest BCUT2D eigenvalue weighted by Crippen LogP contribution is -2.27. The molecule has 5 nitrogen and oxygen atoms in total. The highest BCUT2D eigenvalue weighted by atomic mass is 35.5. The molecule has 0 unspecified atom stereocenters. The van der Waals surface area contributed by atoms with E-state index in [1.165, 1.54) is 4.90 Å². The molecule has 0 saturated heterocycles. The van der Waals surface area contributed by atoms with Crippen molar-refractivity contribution in [3.8, 4) is 11.4 Å². The number of hydrogen-bond acceptors (Lipinski definition) is 4. The van der Waals surface area contributed by atoms with Crippen LogP contribution in [0.3, 0.4) is 0 Å². The molecule has 0 radical (unpaired) electrons. The second kappa shape index (κ2) is 7.44. The summed E-state index contributed by atoms with van der Waals surface area (Å²) in [5.74, 6) is 0.383. The first-order chi connectivity index (χ1) is 12.0. The summed E-state index contributed by atoms with van der Waals surface area (Å²) in [6.45, 7) is 0.126. The Bertz CT molecular complexity index is 890. The fourth-order valence-electron chi connectivity index (χ4n) is 2.20. The quantitative estimate of drug-likeness (QED) is 0.625. The van der Waals surface area contributed by atoms with E-state index in [-0.39, 0.29) is 28.1 Å². The van der Waals surface area contributed by atoms with E-state index in [1.807, 2.05) is 0 Å². The number of carbonyl (C=O) groups excluding carboxylic acids is 1. The van der Waals surface area contributed by atoms with Crippen LogP contribution in [0.1, 0.15) is 16.2 Å². The Morgan fingerprint density at radius 3 is 2.36 bits per heavy atom. The van der Waals surface area contributed by atoms with Crippen LogP contribution in [0, 0.1) is 0 Å². The topological polar surface area (TPSA) is 59.2 Å². The summed E-state index contributed by atoms with van der Waals surface area (Å²) in [4.78, 5) is 18.3. The highest BCUT2D eigenvalue weighted by Crippen LogP contribution is 2.26. The van der Waals surface area contributed by atoms with Crippen LogP contribution in [-0.2, 0) is 6.54 Å². The minimum Gasteiger partial charge on any atom is -0.337 e. The number of carbonyl (C=O) groups is 1. The molecule has 1 amide bonds. The molecule has 3 aromatic rings. The van der Waals surface area contributed by atoms with Crippen molar-refractivity contribution < 1.29 is 9.32 Å². The van der Waals surface area contributed by atoms with Crippen LogP contribution in [0.2, 0.25) is 15.1 Å². The highest BCUT2D eigenvalue weighted by Gasteiger charge is 2.20. The number of hydrogen-bond donors (Lipinski definition) is 0. The summed E-state index contributed by atoms with van der Waals surface area (Å²) >= 11 is 18.0. The molecule has 1 aromatic heterocycles. The standard InChI is InChI=1S/C17H12Cl3N3O2/c1-23(17(24)15-12(19)3-2-4-13(15)20)9-14-21-16(22-25-14)10-5-7-11(18)8-6-10/h2-8H,9H2,1H3. The van der Waals surface area contributed by atoms with Gasteiger partial charge < -0.3 is 9.42 Å². The second-order valence-electron chi connectivity index (χ2n) is 5.28. The first-order valence-electron chi connectivity index (χ1n) is 7.23. The zero-order chi connectivity index (χ0) is 18.0. The van der Waals surface area contributed by atoms with Gasteiger partial charge in [-0.15, -0.1) is 0 Å². The smallest absolute Gasteiger partial charge is 0.257 e. The highest BCUT2D eigenvalue weighted by molar-refractivity contribution is 6.39. The zero-order valence-electron chi connectivity index (χ0n) is 13.0. The fraction of sp³-hybridized carbons (Fsp3) is 0.118. The third-order valence-electron chi connectivity index (χ3n) is 3.47. The van der Waals surface area contributed by atoms with Crippen molar-refractivity contribution in [2.75, 3.05) is 7.05 Å². The minimum atomic E-state index is -0.332. The molecule has 3 rings (SSSR count). The Balaban J connectivity index is 1.76. The lowest BCUT2D eigenvalue weighted by atomic mass is 10.2. The molecular weight excluding hydrogens is 385 g/mol. The van der Waals surface area contributed by atoms with Crippen LogP contribution >= 0.6 is 34.8 Å². The molecule has 0 aliphatic carbocycles. The fourth-order valence-corrected chi connectivity index (χ4v) is 2.89. The summed E-state index contributed by atoms with van der Waals surface area (Å²) in [5, 5.41) is 5.11. The molecule has 0 fully saturated rings. The number of nitrogens with zero attached hydrogens (tertiary/aromatic N) is 3. The number of benzene rings is 2. The van der Waals surface area contributed by atoms with Gasteiger partial charge in [0, 0.05) is 17.6 Å². The van der Waals surface area contributed by atoms with Crippen molar-refractivity contribution in [1.29, 1.82) is 0 Å². The van der Waals surface area contributed by atoms with E-state index >= 15 is 0 Å². The van der Waals surface area contributed by atoms with Crippen molar-refractivity contribution in [3.05, 3.63) is 69.0 Å². The Morgan fingerprint density at radius 2 is 1.72 bits per heavy atom. The minimum absolute atomic E-state index is 0.126. The first kappa shape index (κ1) is 17.7. The number of amides is 1. The molecule has 1 heterocycles. The van der Waals surface area contributed by atoms with E-state index in [4.69, 9.17) is 39.3 Å². The monoisotopic (exact) mass is 395 g/mol. The van der Waals surface area contributed by atoms with Crippen LogP contribution in [0.4, 0.5) is 0 Å². The van der Waals surface area contributed by atoms with Gasteiger partial charge in [0.25, 0.3) is 5.91 Å². The molecular formula is C17H12Cl3N3O2. The third-order valence-corrected chi connectivity index (χ3v) is 4.35. The Morgan fingerprint density at radius 1 is 1.08 bits per heavy atom. The molecule has 25 heavy (non-hydrogen) atoms. The van der Waals surface area contributed by atoms with Gasteiger partial charge in [-0.05, 0) is 36.4 Å². The number of aromatic nitrogens is 2. The molecule has 2 aromatic carbocycles. The summed E-state index contributed by atoms with van der Waals surface area (Å²) in [7, 11) is 1.61. The molecule has 0 atom stereocenters. The number of rotatable bonds is 4. The van der Waals surface area contributed by atoms with E-state index in [0.717, 1.165) is 5.56 Å². The van der Waals surface area contributed by atoms with Crippen molar-refractivity contribution in [2.45, 2.75) is 6.54 Å². The van der Waals surface area contributed by atoms with Crippen molar-refractivity contribution in [1.82, 2.24) is 15.0 Å². The Hall–Kier alpha value is -2.08. The largest absolute Gasteiger partial charge is 0.337 e. The van der Waals surface area contributed by atoms with Crippen LogP contribution in [0.5, 0.6) is 0 Å². The van der Waals surface area contributed by atoms with Gasteiger partial charge in [0.15, 0.2) is 0 Å². The van der Waals surface area contributed by atoms with E-state index < -0.39 is 0 Å². The lowest BCUT2D eigenvalue weighted by Gasteiger charge is -2.16. The van der Waals surface area contributed by atoms with Crippen LogP contribution in [-0.4, -0.2) is 28.0 Å². The molecule has 0 saturated carbocycles. The molecule has 0 N–H and O–H groups in total. The van der Waals surface area contributed by atoms with E-state index in [9.17, 15) is 4.79 Å². The third kappa shape index (κ3) is 3.95. The predicted molar refractivity (Wildman–Crippen MR) is 97.0 cm³/mol. The molecule has 0 aliphatic rings. The molecule has 0 spiro atoms. The SMILES string of the molecule is CN(Cc1nc(-c2ccc(Cl)cc2)no1)C(=O)c1c(Cl)cccc1Cl. The molecule has 128 valence electrons. The lowest BCUT2D eigenvalue weighted by molar-refractivity contribution is 0.0770. The van der Waals surface area contributed by atoms with E-state index in [0.29, 0.717) is 16.7 Å². The van der Waals surface area contributed by atoms with E-state index in [1.54, 1.807) is 49.5 Å². The average molecular weight is 397 g/mol. The van der Waals surface area contributed by atoms with Gasteiger partial charge >= 0.3 is 0 Å².